The fourth-order valence-corrected chi connectivity index (χ4v) is 24.1. The van der Waals surface area contributed by atoms with Crippen LogP contribution in [0.15, 0.2) is 152 Å². The number of rotatable bonds is 5. The SMILES string of the molecule is [CH3][Pb]1([c]2ccccc2)[C](c2ccccc2)=C(c2ccccc2)C(c2ccccc2)=[C]1c1ccccc1. The number of allylic oxidation sites excluding steroid dienone is 2. The molecule has 0 nitrogen and oxygen atoms in total. The van der Waals surface area contributed by atoms with E-state index in [1.165, 1.54) is 36.5 Å². The van der Waals surface area contributed by atoms with Crippen molar-refractivity contribution in [3.63, 3.8) is 0 Å². The van der Waals surface area contributed by atoms with Crippen LogP contribution in [0.4, 0.5) is 0 Å². The van der Waals surface area contributed by atoms with Crippen LogP contribution in [0.2, 0.25) is 4.48 Å². The van der Waals surface area contributed by atoms with Crippen LogP contribution in [0.25, 0.3) is 17.4 Å². The van der Waals surface area contributed by atoms with Gasteiger partial charge in [-0.05, 0) is 0 Å². The van der Waals surface area contributed by atoms with E-state index in [0.717, 1.165) is 0 Å². The minimum atomic E-state index is -3.68. The molecule has 6 rings (SSSR count). The molecule has 0 saturated heterocycles. The Kier molecular flexibility index (Phi) is 6.29. The molecule has 172 valence electrons. The third-order valence-corrected chi connectivity index (χ3v) is 25.1. The summed E-state index contributed by atoms with van der Waals surface area (Å²) in [4.78, 5) is 0. The maximum absolute atomic E-state index is 3.68. The zero-order valence-electron chi connectivity index (χ0n) is 20.4. The molecule has 5 aromatic rings. The molecule has 0 amide bonds. The third kappa shape index (κ3) is 3.90. The van der Waals surface area contributed by atoms with Crippen molar-refractivity contribution in [2.45, 2.75) is 4.48 Å². The monoisotopic (exact) mass is 656 g/mol. The molecule has 0 aromatic heterocycles. The van der Waals surface area contributed by atoms with Gasteiger partial charge in [0.2, 0.25) is 0 Å². The van der Waals surface area contributed by atoms with Crippen molar-refractivity contribution in [3.05, 3.63) is 174 Å². The van der Waals surface area contributed by atoms with Gasteiger partial charge in [-0.15, -0.1) is 0 Å². The second-order valence-electron chi connectivity index (χ2n) is 9.46. The number of hydrogen-bond donors (Lipinski definition) is 0. The summed E-state index contributed by atoms with van der Waals surface area (Å²) in [5.41, 5.74) is 8.10. The normalized spacial score (nSPS) is 14.8. The minimum absolute atomic E-state index is 1.29. The van der Waals surface area contributed by atoms with Crippen molar-refractivity contribution in [2.24, 2.45) is 0 Å². The van der Waals surface area contributed by atoms with E-state index in [1.54, 1.807) is 6.26 Å². The van der Waals surface area contributed by atoms with Gasteiger partial charge in [0.05, 0.1) is 0 Å². The summed E-state index contributed by atoms with van der Waals surface area (Å²) in [5, 5.41) is 0. The zero-order chi connectivity index (χ0) is 24.4. The van der Waals surface area contributed by atoms with Gasteiger partial charge in [0.25, 0.3) is 0 Å². The van der Waals surface area contributed by atoms with Gasteiger partial charge in [-0.3, -0.25) is 0 Å². The van der Waals surface area contributed by atoms with E-state index >= 15 is 0 Å². The fourth-order valence-electron chi connectivity index (χ4n) is 5.80. The quantitative estimate of drug-likeness (QED) is 0.167. The summed E-state index contributed by atoms with van der Waals surface area (Å²) in [7, 11) is 0. The summed E-state index contributed by atoms with van der Waals surface area (Å²) in [6, 6.07) is 55.7. The van der Waals surface area contributed by atoms with E-state index in [9.17, 15) is 0 Å². The molecule has 1 heterocycles. The topological polar surface area (TPSA) is 0 Å². The van der Waals surface area contributed by atoms with Crippen molar-refractivity contribution < 1.29 is 0 Å². The molecule has 1 heteroatoms. The molecule has 0 unspecified atom stereocenters. The van der Waals surface area contributed by atoms with E-state index in [-0.39, 0.29) is 0 Å². The fraction of sp³-hybridized carbons (Fsp3) is 0.0286. The first-order valence-electron chi connectivity index (χ1n) is 12.6. The molecule has 36 heavy (non-hydrogen) atoms. The van der Waals surface area contributed by atoms with Crippen molar-refractivity contribution in [1.82, 2.24) is 0 Å². The van der Waals surface area contributed by atoms with Crippen LogP contribution in [0.1, 0.15) is 22.3 Å². The Labute approximate surface area is 218 Å². The molecule has 5 aromatic carbocycles. The predicted molar refractivity (Wildman–Crippen MR) is 157 cm³/mol. The third-order valence-electron chi connectivity index (χ3n) is 7.35. The van der Waals surface area contributed by atoms with Gasteiger partial charge in [-0.1, -0.05) is 0 Å². The molecule has 1 aliphatic heterocycles. The average molecular weight is 656 g/mol. The van der Waals surface area contributed by atoms with Gasteiger partial charge in [0.1, 0.15) is 0 Å². The van der Waals surface area contributed by atoms with Crippen LogP contribution in [-0.2, 0) is 0 Å². The van der Waals surface area contributed by atoms with Gasteiger partial charge in [-0.25, -0.2) is 0 Å². The summed E-state index contributed by atoms with van der Waals surface area (Å²) >= 11 is -3.68. The molecule has 0 fully saturated rings. The Balaban J connectivity index is 1.82. The van der Waals surface area contributed by atoms with Crippen LogP contribution in [0, 0.1) is 0 Å². The molecule has 1 aliphatic rings. The molecule has 0 N–H and O–H groups in total. The molecular weight excluding hydrogens is 628 g/mol. The first-order valence-corrected chi connectivity index (χ1v) is 22.3. The summed E-state index contributed by atoms with van der Waals surface area (Å²) < 4.78 is 7.28. The predicted octanol–water partition coefficient (Wildman–Crippen LogP) is 8.29. The summed E-state index contributed by atoms with van der Waals surface area (Å²) in [6.45, 7) is 0. The van der Waals surface area contributed by atoms with E-state index in [2.05, 4.69) is 156 Å². The van der Waals surface area contributed by atoms with Gasteiger partial charge in [0, 0.05) is 0 Å². The standard InChI is InChI=1S/C28H20.C6H5.CH3.Pb/c1-5-13-23(14-6-1)21-27(25-17-9-3-10-18-25)28(26-19-11-4-12-20-26)22-24-15-7-2-8-16-24;1-2-4-6-5-3-1;;/h1-20H;1-5H;1H3;. The average Bonchev–Trinajstić information content (AvgIpc) is 3.25. The van der Waals surface area contributed by atoms with E-state index in [0.29, 0.717) is 0 Å². The second kappa shape index (κ2) is 9.87. The Morgan fingerprint density at radius 2 is 0.611 bits per heavy atom. The van der Waals surface area contributed by atoms with E-state index in [1.807, 2.05) is 0 Å². The summed E-state index contributed by atoms with van der Waals surface area (Å²) in [5.74, 6) is 0. The van der Waals surface area contributed by atoms with Gasteiger partial charge >= 0.3 is 220 Å². The number of hydrogen-bond acceptors (Lipinski definition) is 0. The second-order valence-corrected chi connectivity index (χ2v) is 24.3. The molecule has 0 bridgehead atoms. The molecule has 0 atom stereocenters. The molecule has 0 spiro atoms. The Morgan fingerprint density at radius 1 is 0.333 bits per heavy atom. The van der Waals surface area contributed by atoms with E-state index < -0.39 is 21.2 Å². The van der Waals surface area contributed by atoms with Crippen LogP contribution < -0.4 is 3.12 Å². The van der Waals surface area contributed by atoms with Crippen LogP contribution in [-0.4, -0.2) is 21.2 Å². The Hall–Kier alpha value is -3.50. The van der Waals surface area contributed by atoms with Gasteiger partial charge in [-0.2, -0.15) is 0 Å². The first kappa shape index (κ1) is 22.9. The van der Waals surface area contributed by atoms with E-state index in [4.69, 9.17) is 0 Å². The Bertz CT molecular complexity index is 1430. The zero-order valence-corrected chi connectivity index (χ0v) is 24.3. The van der Waals surface area contributed by atoms with Crippen LogP contribution in [0.3, 0.4) is 0 Å². The van der Waals surface area contributed by atoms with Crippen molar-refractivity contribution in [2.75, 3.05) is 0 Å². The summed E-state index contributed by atoms with van der Waals surface area (Å²) in [6.07, 6.45) is 0. The van der Waals surface area contributed by atoms with Gasteiger partial charge in [0.15, 0.2) is 0 Å². The van der Waals surface area contributed by atoms with Crippen molar-refractivity contribution in [1.29, 1.82) is 0 Å². The first-order chi connectivity index (χ1) is 17.8. The Morgan fingerprint density at radius 3 is 0.944 bits per heavy atom. The van der Waals surface area contributed by atoms with Gasteiger partial charge < -0.3 is 0 Å². The van der Waals surface area contributed by atoms with Crippen LogP contribution in [0.5, 0.6) is 0 Å². The molecule has 0 saturated carbocycles. The molecule has 0 aliphatic carbocycles. The maximum atomic E-state index is 2.63. The van der Waals surface area contributed by atoms with Crippen molar-refractivity contribution in [3.8, 4) is 0 Å². The molecule has 0 radical (unpaired) electrons. The number of benzene rings is 5. The van der Waals surface area contributed by atoms with Crippen molar-refractivity contribution >= 4 is 41.7 Å². The van der Waals surface area contributed by atoms with Crippen LogP contribution >= 0.6 is 0 Å². The molecular formula is C35H28Pb.